The Morgan fingerprint density at radius 3 is 2.50 bits per heavy atom. The lowest BCUT2D eigenvalue weighted by atomic mass is 9.98. The van der Waals surface area contributed by atoms with Gasteiger partial charge in [0.15, 0.2) is 0 Å². The van der Waals surface area contributed by atoms with Gasteiger partial charge in [-0.2, -0.15) is 0 Å². The molecule has 0 fully saturated rings. The van der Waals surface area contributed by atoms with Crippen molar-refractivity contribution in [2.24, 2.45) is 0 Å². The molecule has 0 saturated heterocycles. The van der Waals surface area contributed by atoms with Gasteiger partial charge in [-0.05, 0) is 30.5 Å². The van der Waals surface area contributed by atoms with Gasteiger partial charge in [-0.25, -0.2) is 0 Å². The van der Waals surface area contributed by atoms with Crippen LogP contribution in [0.1, 0.15) is 43.7 Å². The molecule has 0 saturated carbocycles. The van der Waals surface area contributed by atoms with Gasteiger partial charge in [-0.15, -0.1) is 0 Å². The Hall–Kier alpha value is -1.35. The molecule has 1 rings (SSSR count). The second-order valence-electron chi connectivity index (χ2n) is 4.68. The highest BCUT2D eigenvalue weighted by molar-refractivity contribution is 5.76. The number of carbonyl (C=O) groups is 1. The molecule has 0 bridgehead atoms. The molecule has 2 N–H and O–H groups in total. The maximum absolute atomic E-state index is 11.4. The average molecular weight is 248 g/mol. The Labute approximate surface area is 110 Å². The lowest BCUT2D eigenvalue weighted by Gasteiger charge is -2.10. The Morgan fingerprint density at radius 1 is 1.28 bits per heavy atom. The van der Waals surface area contributed by atoms with Crippen molar-refractivity contribution in [3.05, 3.63) is 35.4 Å². The van der Waals surface area contributed by atoms with E-state index in [1.165, 1.54) is 5.56 Å². The number of hydrogen-bond acceptors (Lipinski definition) is 2. The van der Waals surface area contributed by atoms with Gasteiger partial charge >= 0.3 is 0 Å². The van der Waals surface area contributed by atoms with Crippen molar-refractivity contribution in [2.75, 3.05) is 13.6 Å². The van der Waals surface area contributed by atoms with E-state index in [9.17, 15) is 4.79 Å². The smallest absolute Gasteiger partial charge is 0.221 e. The first kappa shape index (κ1) is 14.7. The van der Waals surface area contributed by atoms with Crippen LogP contribution >= 0.6 is 0 Å². The second-order valence-corrected chi connectivity index (χ2v) is 4.68. The lowest BCUT2D eigenvalue weighted by molar-refractivity contribution is -0.121. The summed E-state index contributed by atoms with van der Waals surface area (Å²) < 4.78 is 0. The number of amides is 1. The number of hydrogen-bond donors (Lipinski definition) is 2. The molecule has 3 heteroatoms. The maximum Gasteiger partial charge on any atom is 0.221 e. The molecule has 100 valence electrons. The molecule has 1 unspecified atom stereocenters. The molecular weight excluding hydrogens is 224 g/mol. The zero-order chi connectivity index (χ0) is 13.4. The fourth-order valence-electron chi connectivity index (χ4n) is 1.73. The summed E-state index contributed by atoms with van der Waals surface area (Å²) in [5.74, 6) is 0.694. The Balaban J connectivity index is 2.41. The Morgan fingerprint density at radius 2 is 1.94 bits per heavy atom. The third kappa shape index (κ3) is 4.88. The van der Waals surface area contributed by atoms with Crippen molar-refractivity contribution in [2.45, 2.75) is 39.2 Å². The number of rotatable bonds is 7. The first-order valence-corrected chi connectivity index (χ1v) is 6.67. The highest BCUT2D eigenvalue weighted by atomic mass is 16.1. The highest BCUT2D eigenvalue weighted by Gasteiger charge is 2.03. The predicted octanol–water partition coefficient (Wildman–Crippen LogP) is 2.43. The fraction of sp³-hybridized carbons (Fsp3) is 0.533. The van der Waals surface area contributed by atoms with E-state index < -0.39 is 0 Å². The van der Waals surface area contributed by atoms with Crippen LogP contribution in [0.2, 0.25) is 0 Å². The van der Waals surface area contributed by atoms with Crippen LogP contribution in [0.5, 0.6) is 0 Å². The van der Waals surface area contributed by atoms with Gasteiger partial charge in [0.1, 0.15) is 0 Å². The molecule has 1 aromatic rings. The van der Waals surface area contributed by atoms with Crippen molar-refractivity contribution in [1.29, 1.82) is 0 Å². The molecule has 0 aliphatic rings. The molecule has 3 nitrogen and oxygen atoms in total. The van der Waals surface area contributed by atoms with Crippen LogP contribution < -0.4 is 10.6 Å². The van der Waals surface area contributed by atoms with Gasteiger partial charge in [0.2, 0.25) is 5.91 Å². The summed E-state index contributed by atoms with van der Waals surface area (Å²) in [5, 5.41) is 5.88. The fourth-order valence-corrected chi connectivity index (χ4v) is 1.73. The molecule has 1 aromatic carbocycles. The lowest BCUT2D eigenvalue weighted by Crippen LogP contribution is -2.26. The van der Waals surface area contributed by atoms with Gasteiger partial charge in [0, 0.05) is 19.5 Å². The predicted molar refractivity (Wildman–Crippen MR) is 75.5 cm³/mol. The van der Waals surface area contributed by atoms with Crippen molar-refractivity contribution < 1.29 is 4.79 Å². The molecular formula is C15H24N2O. The minimum atomic E-state index is 0.0929. The number of carbonyl (C=O) groups excluding carboxylic acids is 1. The SMILES string of the molecule is CCC(C)c1ccc(CNC(=O)CCNC)cc1. The maximum atomic E-state index is 11.4. The van der Waals surface area contributed by atoms with E-state index in [1.54, 1.807) is 0 Å². The van der Waals surface area contributed by atoms with Crippen LogP contribution in [0.3, 0.4) is 0 Å². The summed E-state index contributed by atoms with van der Waals surface area (Å²) in [7, 11) is 1.85. The number of nitrogens with one attached hydrogen (secondary N) is 2. The van der Waals surface area contributed by atoms with Gasteiger partial charge < -0.3 is 10.6 Å². The van der Waals surface area contributed by atoms with Crippen molar-refractivity contribution >= 4 is 5.91 Å². The minimum absolute atomic E-state index is 0.0929. The average Bonchev–Trinajstić information content (AvgIpc) is 2.42. The summed E-state index contributed by atoms with van der Waals surface area (Å²) in [6.07, 6.45) is 1.68. The summed E-state index contributed by atoms with van der Waals surface area (Å²) in [6, 6.07) is 8.51. The monoisotopic (exact) mass is 248 g/mol. The van der Waals surface area contributed by atoms with E-state index >= 15 is 0 Å². The molecule has 0 aromatic heterocycles. The summed E-state index contributed by atoms with van der Waals surface area (Å²) in [4.78, 5) is 11.4. The highest BCUT2D eigenvalue weighted by Crippen LogP contribution is 2.18. The second kappa shape index (κ2) is 7.88. The quantitative estimate of drug-likeness (QED) is 0.778. The first-order chi connectivity index (χ1) is 8.67. The molecule has 0 aliphatic carbocycles. The van der Waals surface area contributed by atoms with Crippen molar-refractivity contribution in [3.63, 3.8) is 0 Å². The first-order valence-electron chi connectivity index (χ1n) is 6.67. The van der Waals surface area contributed by atoms with Crippen molar-refractivity contribution in [3.8, 4) is 0 Å². The zero-order valence-corrected chi connectivity index (χ0v) is 11.6. The molecule has 0 aliphatic heterocycles. The van der Waals surface area contributed by atoms with Crippen molar-refractivity contribution in [1.82, 2.24) is 10.6 Å². The molecule has 1 atom stereocenters. The molecule has 0 radical (unpaired) electrons. The topological polar surface area (TPSA) is 41.1 Å². The molecule has 0 spiro atoms. The third-order valence-corrected chi connectivity index (χ3v) is 3.25. The molecule has 1 amide bonds. The molecule has 18 heavy (non-hydrogen) atoms. The van der Waals surface area contributed by atoms with Gasteiger partial charge in [0.25, 0.3) is 0 Å². The van der Waals surface area contributed by atoms with E-state index in [-0.39, 0.29) is 5.91 Å². The third-order valence-electron chi connectivity index (χ3n) is 3.25. The van der Waals surface area contributed by atoms with Gasteiger partial charge in [0.05, 0.1) is 0 Å². The normalized spacial score (nSPS) is 12.2. The summed E-state index contributed by atoms with van der Waals surface area (Å²) in [5.41, 5.74) is 2.52. The van der Waals surface area contributed by atoms with E-state index in [4.69, 9.17) is 0 Å². The zero-order valence-electron chi connectivity index (χ0n) is 11.6. The van der Waals surface area contributed by atoms with Crippen LogP contribution in [0, 0.1) is 0 Å². The minimum Gasteiger partial charge on any atom is -0.352 e. The van der Waals surface area contributed by atoms with Crippen LogP contribution in [0.25, 0.3) is 0 Å². The summed E-state index contributed by atoms with van der Waals surface area (Å²) in [6.45, 7) is 5.76. The van der Waals surface area contributed by atoms with E-state index in [1.807, 2.05) is 7.05 Å². The Kier molecular flexibility index (Phi) is 6.44. The van der Waals surface area contributed by atoms with Crippen LogP contribution in [-0.4, -0.2) is 19.5 Å². The molecule has 0 heterocycles. The van der Waals surface area contributed by atoms with E-state index in [0.29, 0.717) is 18.9 Å². The summed E-state index contributed by atoms with van der Waals surface area (Å²) >= 11 is 0. The van der Waals surface area contributed by atoms with Crippen LogP contribution in [0.15, 0.2) is 24.3 Å². The largest absolute Gasteiger partial charge is 0.352 e. The standard InChI is InChI=1S/C15H24N2O/c1-4-12(2)14-7-5-13(6-8-14)11-17-15(18)9-10-16-3/h5-8,12,16H,4,9-11H2,1-3H3,(H,17,18). The van der Waals surface area contributed by atoms with E-state index in [2.05, 4.69) is 48.7 Å². The van der Waals surface area contributed by atoms with Crippen LogP contribution in [-0.2, 0) is 11.3 Å². The number of benzene rings is 1. The van der Waals surface area contributed by atoms with E-state index in [0.717, 1.165) is 18.5 Å². The Bertz CT molecular complexity index is 359. The van der Waals surface area contributed by atoms with Crippen LogP contribution in [0.4, 0.5) is 0 Å². The van der Waals surface area contributed by atoms with Gasteiger partial charge in [-0.1, -0.05) is 38.1 Å². The van der Waals surface area contributed by atoms with Gasteiger partial charge in [-0.3, -0.25) is 4.79 Å².